The van der Waals surface area contributed by atoms with Crippen LogP contribution in [0.25, 0.3) is 0 Å². The van der Waals surface area contributed by atoms with Crippen LogP contribution in [0.1, 0.15) is 70.2 Å². The molecule has 1 saturated heterocycles. The topological polar surface area (TPSA) is 99.6 Å². The van der Waals surface area contributed by atoms with Gasteiger partial charge in [-0.15, -0.1) is 11.3 Å². The Labute approximate surface area is 178 Å². The first-order valence-corrected chi connectivity index (χ1v) is 13.0. The smallest absolute Gasteiger partial charge is 0.309 e. The molecule has 0 bridgehead atoms. The summed E-state index contributed by atoms with van der Waals surface area (Å²) in [6.07, 6.45) is 9.42. The van der Waals surface area contributed by atoms with Crippen molar-refractivity contribution >= 4 is 32.3 Å². The van der Waals surface area contributed by atoms with E-state index in [1.165, 1.54) is 0 Å². The van der Waals surface area contributed by atoms with E-state index in [0.29, 0.717) is 12.8 Å². The number of carboxylic acid groups (broad SMARTS) is 1. The molecule has 1 aliphatic heterocycles. The minimum absolute atomic E-state index is 0.0157. The van der Waals surface area contributed by atoms with Gasteiger partial charge in [0.1, 0.15) is 5.00 Å². The third-order valence-corrected chi connectivity index (χ3v) is 9.34. The minimum Gasteiger partial charge on any atom is -0.481 e. The van der Waals surface area contributed by atoms with Crippen LogP contribution in [0.2, 0.25) is 0 Å². The summed E-state index contributed by atoms with van der Waals surface area (Å²) in [5, 5.41) is 11.1. The third-order valence-electron chi connectivity index (χ3n) is 6.21. The van der Waals surface area contributed by atoms with E-state index < -0.39 is 21.4 Å². The molecule has 0 amide bonds. The van der Waals surface area contributed by atoms with Crippen LogP contribution in [0.5, 0.6) is 0 Å². The summed E-state index contributed by atoms with van der Waals surface area (Å²) in [6, 6.07) is 0.0157. The Bertz CT molecular complexity index is 792. The van der Waals surface area contributed by atoms with Crippen LogP contribution in [0.3, 0.4) is 0 Å². The molecule has 2 N–H and O–H groups in total. The number of sulfonamides is 1. The van der Waals surface area contributed by atoms with Crippen LogP contribution in [-0.2, 0) is 21.2 Å². The van der Waals surface area contributed by atoms with E-state index >= 15 is 0 Å². The van der Waals surface area contributed by atoms with Crippen LogP contribution in [0, 0.1) is 5.41 Å². The molecule has 1 saturated carbocycles. The predicted octanol–water partition coefficient (Wildman–Crippen LogP) is 3.41. The molecule has 2 heterocycles. The van der Waals surface area contributed by atoms with Crippen molar-refractivity contribution in [3.05, 3.63) is 11.2 Å². The van der Waals surface area contributed by atoms with Gasteiger partial charge in [0.05, 0.1) is 21.9 Å². The van der Waals surface area contributed by atoms with Gasteiger partial charge < -0.3 is 10.0 Å². The molecule has 0 aromatic carbocycles. The first-order chi connectivity index (χ1) is 13.7. The van der Waals surface area contributed by atoms with E-state index in [9.17, 15) is 18.3 Å². The lowest BCUT2D eigenvalue weighted by molar-refractivity contribution is -0.147. The number of anilines is 1. The van der Waals surface area contributed by atoms with Gasteiger partial charge in [0.15, 0.2) is 0 Å². The molecule has 3 rings (SSSR count). The Hall–Kier alpha value is -1.19. The van der Waals surface area contributed by atoms with Gasteiger partial charge >= 0.3 is 5.97 Å². The minimum atomic E-state index is -3.22. The van der Waals surface area contributed by atoms with Gasteiger partial charge in [-0.05, 0) is 46.0 Å². The standard InChI is InChI=1S/C20H33N3O4S2/c1-20(2,19(24)25)11-8-17-21-14-18(28-17)23-12-9-15(10-13-23)22-29(26,27)16-6-4-3-5-7-16/h14-16,22H,3-13H2,1-2H3,(H,24,25). The highest BCUT2D eigenvalue weighted by molar-refractivity contribution is 7.90. The monoisotopic (exact) mass is 443 g/mol. The van der Waals surface area contributed by atoms with E-state index in [4.69, 9.17) is 0 Å². The van der Waals surface area contributed by atoms with Crippen molar-refractivity contribution in [3.63, 3.8) is 0 Å². The van der Waals surface area contributed by atoms with E-state index in [1.807, 2.05) is 6.20 Å². The molecule has 1 aliphatic carbocycles. The molecule has 2 fully saturated rings. The molecule has 164 valence electrons. The maximum absolute atomic E-state index is 12.6. The van der Waals surface area contributed by atoms with Crippen LogP contribution >= 0.6 is 11.3 Å². The largest absolute Gasteiger partial charge is 0.481 e. The fourth-order valence-electron chi connectivity index (χ4n) is 4.01. The summed E-state index contributed by atoms with van der Waals surface area (Å²) in [4.78, 5) is 18.0. The van der Waals surface area contributed by atoms with E-state index in [-0.39, 0.29) is 11.3 Å². The molecule has 9 heteroatoms. The summed E-state index contributed by atoms with van der Waals surface area (Å²) in [6.45, 7) is 5.09. The average Bonchev–Trinajstić information content (AvgIpc) is 3.16. The van der Waals surface area contributed by atoms with Gasteiger partial charge in [0.25, 0.3) is 0 Å². The highest BCUT2D eigenvalue weighted by Gasteiger charge is 2.31. The molecule has 1 aromatic rings. The van der Waals surface area contributed by atoms with Crippen molar-refractivity contribution in [2.75, 3.05) is 18.0 Å². The predicted molar refractivity (Wildman–Crippen MR) is 116 cm³/mol. The molecule has 0 spiro atoms. The Morgan fingerprint density at radius 3 is 2.52 bits per heavy atom. The zero-order valence-corrected chi connectivity index (χ0v) is 19.0. The summed E-state index contributed by atoms with van der Waals surface area (Å²) in [7, 11) is -3.22. The number of hydrogen-bond donors (Lipinski definition) is 2. The lowest BCUT2D eigenvalue weighted by atomic mass is 9.88. The van der Waals surface area contributed by atoms with Gasteiger partial charge in [-0.25, -0.2) is 18.1 Å². The van der Waals surface area contributed by atoms with Crippen molar-refractivity contribution in [1.29, 1.82) is 0 Å². The number of aryl methyl sites for hydroxylation is 1. The lowest BCUT2D eigenvalue weighted by Crippen LogP contribution is -2.47. The summed E-state index contributed by atoms with van der Waals surface area (Å²) >= 11 is 1.61. The maximum Gasteiger partial charge on any atom is 0.309 e. The van der Waals surface area contributed by atoms with E-state index in [0.717, 1.165) is 68.0 Å². The van der Waals surface area contributed by atoms with Crippen molar-refractivity contribution in [2.45, 2.75) is 82.9 Å². The van der Waals surface area contributed by atoms with Crippen LogP contribution in [-0.4, -0.2) is 48.9 Å². The number of aromatic nitrogens is 1. The highest BCUT2D eigenvalue weighted by Crippen LogP contribution is 2.30. The van der Waals surface area contributed by atoms with Gasteiger partial charge in [0.2, 0.25) is 10.0 Å². The van der Waals surface area contributed by atoms with Crippen molar-refractivity contribution in [2.24, 2.45) is 5.41 Å². The quantitative estimate of drug-likeness (QED) is 0.639. The van der Waals surface area contributed by atoms with Gasteiger partial charge in [-0.2, -0.15) is 0 Å². The lowest BCUT2D eigenvalue weighted by Gasteiger charge is -2.33. The number of carbonyl (C=O) groups is 1. The number of hydrogen-bond acceptors (Lipinski definition) is 6. The normalized spacial score (nSPS) is 20.1. The van der Waals surface area contributed by atoms with Crippen LogP contribution in [0.4, 0.5) is 5.00 Å². The maximum atomic E-state index is 12.6. The van der Waals surface area contributed by atoms with Gasteiger partial charge in [0, 0.05) is 25.6 Å². The number of piperidine rings is 1. The Balaban J connectivity index is 1.48. The Morgan fingerprint density at radius 2 is 1.90 bits per heavy atom. The molecule has 0 radical (unpaired) electrons. The molecule has 29 heavy (non-hydrogen) atoms. The Morgan fingerprint density at radius 1 is 1.24 bits per heavy atom. The van der Waals surface area contributed by atoms with Crippen LogP contribution in [0.15, 0.2) is 6.20 Å². The first kappa shape index (κ1) is 22.5. The zero-order valence-electron chi connectivity index (χ0n) is 17.4. The second kappa shape index (κ2) is 9.31. The molecular weight excluding hydrogens is 410 g/mol. The zero-order chi connectivity index (χ0) is 21.1. The number of rotatable bonds is 8. The Kier molecular flexibility index (Phi) is 7.22. The van der Waals surface area contributed by atoms with Crippen molar-refractivity contribution in [3.8, 4) is 0 Å². The number of nitrogens with one attached hydrogen (secondary N) is 1. The number of thiazole rings is 1. The van der Waals surface area contributed by atoms with Crippen molar-refractivity contribution < 1.29 is 18.3 Å². The highest BCUT2D eigenvalue weighted by atomic mass is 32.2. The van der Waals surface area contributed by atoms with Crippen molar-refractivity contribution in [1.82, 2.24) is 9.71 Å². The molecule has 1 aromatic heterocycles. The second-order valence-electron chi connectivity index (χ2n) is 8.97. The number of nitrogens with zero attached hydrogens (tertiary/aromatic N) is 2. The number of carboxylic acids is 1. The van der Waals surface area contributed by atoms with Crippen LogP contribution < -0.4 is 9.62 Å². The number of aliphatic carboxylic acids is 1. The first-order valence-electron chi connectivity index (χ1n) is 10.6. The van der Waals surface area contributed by atoms with Gasteiger partial charge in [-0.3, -0.25) is 4.79 Å². The van der Waals surface area contributed by atoms with E-state index in [2.05, 4.69) is 14.6 Å². The molecule has 7 nitrogen and oxygen atoms in total. The van der Waals surface area contributed by atoms with Gasteiger partial charge in [-0.1, -0.05) is 19.3 Å². The molecule has 0 unspecified atom stereocenters. The SMILES string of the molecule is CC(C)(CCc1ncc(N2CCC(NS(=O)(=O)C3CCCCC3)CC2)s1)C(=O)O. The molecular formula is C20H33N3O4S2. The fraction of sp³-hybridized carbons (Fsp3) is 0.800. The average molecular weight is 444 g/mol. The summed E-state index contributed by atoms with van der Waals surface area (Å²) in [5.41, 5.74) is -0.750. The summed E-state index contributed by atoms with van der Waals surface area (Å²) < 4.78 is 28.2. The summed E-state index contributed by atoms with van der Waals surface area (Å²) in [5.74, 6) is -0.785. The van der Waals surface area contributed by atoms with E-state index in [1.54, 1.807) is 25.2 Å². The molecule has 2 aliphatic rings. The fourth-order valence-corrected chi connectivity index (χ4v) is 6.83. The molecule has 0 atom stereocenters. The third kappa shape index (κ3) is 5.92. The second-order valence-corrected chi connectivity index (χ2v) is 12.1.